The lowest BCUT2D eigenvalue weighted by molar-refractivity contribution is -0.125. The van der Waals surface area contributed by atoms with Crippen LogP contribution in [0.3, 0.4) is 0 Å². The first kappa shape index (κ1) is 21.9. The first-order valence-electron chi connectivity index (χ1n) is 7.75. The molecular weight excluding hydrogens is 381 g/mol. The predicted molar refractivity (Wildman–Crippen MR) is 101 cm³/mol. The van der Waals surface area contributed by atoms with Crippen molar-refractivity contribution in [2.75, 3.05) is 11.9 Å². The molecule has 1 atom stereocenters. The van der Waals surface area contributed by atoms with Crippen molar-refractivity contribution < 1.29 is 14.0 Å². The number of carbonyl (C=O) groups excluding carboxylic acids is 2. The van der Waals surface area contributed by atoms with Gasteiger partial charge in [-0.25, -0.2) is 4.39 Å². The number of anilines is 1. The van der Waals surface area contributed by atoms with Gasteiger partial charge in [0.1, 0.15) is 10.8 Å². The molecule has 10 heteroatoms. The Hall–Kier alpha value is -2.10. The third-order valence-corrected chi connectivity index (χ3v) is 4.30. The Labute approximate surface area is 161 Å². The average Bonchev–Trinajstić information content (AvgIpc) is 3.01. The zero-order valence-corrected chi connectivity index (χ0v) is 16.0. The van der Waals surface area contributed by atoms with Crippen LogP contribution in [0.1, 0.15) is 24.4 Å². The largest absolute Gasteiger partial charge is 0.346 e. The van der Waals surface area contributed by atoms with E-state index < -0.39 is 11.9 Å². The van der Waals surface area contributed by atoms with Crippen LogP contribution in [-0.4, -0.2) is 34.6 Å². The molecule has 1 heterocycles. The fourth-order valence-electron chi connectivity index (χ4n) is 1.93. The maximum absolute atomic E-state index is 13.6. The van der Waals surface area contributed by atoms with Gasteiger partial charge in [0, 0.05) is 6.42 Å². The molecule has 0 fully saturated rings. The first-order valence-corrected chi connectivity index (χ1v) is 8.57. The summed E-state index contributed by atoms with van der Waals surface area (Å²) in [5.74, 6) is -1.15. The van der Waals surface area contributed by atoms with E-state index in [4.69, 9.17) is 5.73 Å². The van der Waals surface area contributed by atoms with Gasteiger partial charge in [-0.1, -0.05) is 43.4 Å². The highest BCUT2D eigenvalue weighted by Crippen LogP contribution is 2.19. The molecule has 2 rings (SSSR count). The number of nitrogens with zero attached hydrogens (tertiary/aromatic N) is 2. The quantitative estimate of drug-likeness (QED) is 0.654. The van der Waals surface area contributed by atoms with Gasteiger partial charge in [0.25, 0.3) is 0 Å². The topological polar surface area (TPSA) is 110 Å². The van der Waals surface area contributed by atoms with Crippen LogP contribution in [0.4, 0.5) is 9.52 Å². The normalized spacial score (nSPS) is 11.6. The Morgan fingerprint density at radius 3 is 2.62 bits per heavy atom. The number of aromatic nitrogens is 2. The smallest absolute Gasteiger partial charge is 0.245 e. The van der Waals surface area contributed by atoms with Gasteiger partial charge in [0.2, 0.25) is 16.9 Å². The number of rotatable bonds is 7. The third kappa shape index (κ3) is 6.32. The van der Waals surface area contributed by atoms with Crippen molar-refractivity contribution >= 4 is 40.7 Å². The van der Waals surface area contributed by atoms with Crippen molar-refractivity contribution in [1.29, 1.82) is 0 Å². The van der Waals surface area contributed by atoms with Gasteiger partial charge >= 0.3 is 0 Å². The summed E-state index contributed by atoms with van der Waals surface area (Å²) in [7, 11) is 0. The molecule has 0 saturated heterocycles. The highest BCUT2D eigenvalue weighted by Gasteiger charge is 2.18. The lowest BCUT2D eigenvalue weighted by Crippen LogP contribution is -2.46. The number of halogens is 2. The van der Waals surface area contributed by atoms with Crippen LogP contribution in [-0.2, 0) is 16.0 Å². The maximum Gasteiger partial charge on any atom is 0.245 e. The van der Waals surface area contributed by atoms with Crippen molar-refractivity contribution in [1.82, 2.24) is 15.5 Å². The van der Waals surface area contributed by atoms with Gasteiger partial charge < -0.3 is 11.1 Å². The van der Waals surface area contributed by atoms with Gasteiger partial charge in [-0.15, -0.1) is 22.6 Å². The Kier molecular flexibility index (Phi) is 8.56. The SMILES string of the molecule is CC(C)[C@H](N)C(=O)NCC(=O)Nc1nnc(Cc2ccccc2F)s1.Cl. The van der Waals surface area contributed by atoms with E-state index in [-0.39, 0.29) is 36.6 Å². The summed E-state index contributed by atoms with van der Waals surface area (Å²) in [6, 6.07) is 5.74. The molecule has 7 nitrogen and oxygen atoms in total. The number of carbonyl (C=O) groups is 2. The summed E-state index contributed by atoms with van der Waals surface area (Å²) in [6.45, 7) is 3.44. The van der Waals surface area contributed by atoms with Crippen LogP contribution in [0.5, 0.6) is 0 Å². The van der Waals surface area contributed by atoms with Crippen molar-refractivity contribution in [3.05, 3.63) is 40.7 Å². The number of hydrogen-bond acceptors (Lipinski definition) is 6. The average molecular weight is 402 g/mol. The minimum Gasteiger partial charge on any atom is -0.346 e. The van der Waals surface area contributed by atoms with Crippen LogP contribution < -0.4 is 16.4 Å². The van der Waals surface area contributed by atoms with Crippen LogP contribution in [0.2, 0.25) is 0 Å². The van der Waals surface area contributed by atoms with Gasteiger partial charge in [0.05, 0.1) is 12.6 Å². The van der Waals surface area contributed by atoms with Gasteiger partial charge in [0.15, 0.2) is 0 Å². The summed E-state index contributed by atoms with van der Waals surface area (Å²) in [6.07, 6.45) is 0.292. The van der Waals surface area contributed by atoms with E-state index in [2.05, 4.69) is 20.8 Å². The Morgan fingerprint density at radius 2 is 1.96 bits per heavy atom. The first-order chi connectivity index (χ1) is 11.9. The molecule has 4 N–H and O–H groups in total. The molecule has 2 aromatic rings. The van der Waals surface area contributed by atoms with E-state index in [1.807, 2.05) is 13.8 Å². The van der Waals surface area contributed by atoms with Crippen molar-refractivity contribution in [3.63, 3.8) is 0 Å². The molecule has 2 amide bonds. The zero-order valence-electron chi connectivity index (χ0n) is 14.4. The van der Waals surface area contributed by atoms with Gasteiger partial charge in [-0.05, 0) is 17.5 Å². The fourth-order valence-corrected chi connectivity index (χ4v) is 2.71. The van der Waals surface area contributed by atoms with E-state index in [1.54, 1.807) is 18.2 Å². The number of benzene rings is 1. The second-order valence-electron chi connectivity index (χ2n) is 5.80. The van der Waals surface area contributed by atoms with E-state index in [9.17, 15) is 14.0 Å². The maximum atomic E-state index is 13.6. The Balaban J connectivity index is 0.00000338. The lowest BCUT2D eigenvalue weighted by atomic mass is 10.1. The number of nitrogens with one attached hydrogen (secondary N) is 2. The second kappa shape index (κ2) is 10.1. The van der Waals surface area contributed by atoms with E-state index in [0.29, 0.717) is 22.1 Å². The van der Waals surface area contributed by atoms with Crippen molar-refractivity contribution in [2.45, 2.75) is 26.3 Å². The monoisotopic (exact) mass is 401 g/mol. The fraction of sp³-hybridized carbons (Fsp3) is 0.375. The minimum absolute atomic E-state index is 0. The van der Waals surface area contributed by atoms with Crippen LogP contribution in [0.15, 0.2) is 24.3 Å². The molecule has 0 aliphatic heterocycles. The highest BCUT2D eigenvalue weighted by molar-refractivity contribution is 7.15. The number of amides is 2. The molecule has 0 bridgehead atoms. The molecule has 0 aliphatic carbocycles. The number of nitrogens with two attached hydrogens (primary N) is 1. The van der Waals surface area contributed by atoms with Gasteiger partial charge in [-0.3, -0.25) is 14.9 Å². The predicted octanol–water partition coefficient (Wildman–Crippen LogP) is 1.73. The summed E-state index contributed by atoms with van der Waals surface area (Å²) < 4.78 is 13.6. The van der Waals surface area contributed by atoms with Crippen molar-refractivity contribution in [2.24, 2.45) is 11.7 Å². The molecule has 1 aromatic heterocycles. The zero-order chi connectivity index (χ0) is 18.4. The molecule has 0 unspecified atom stereocenters. The molecule has 26 heavy (non-hydrogen) atoms. The summed E-state index contributed by atoms with van der Waals surface area (Å²) in [5.41, 5.74) is 6.20. The molecule has 0 saturated carbocycles. The lowest BCUT2D eigenvalue weighted by Gasteiger charge is -2.14. The standard InChI is InChI=1S/C16H20FN5O2S.ClH/c1-9(2)14(18)15(24)19-8-12(23)20-16-22-21-13(25-16)7-10-5-3-4-6-11(10)17;/h3-6,9,14H,7-8,18H2,1-2H3,(H,19,24)(H,20,22,23);1H/t14-;/m0./s1. The van der Waals surface area contributed by atoms with E-state index in [1.165, 1.54) is 6.07 Å². The summed E-state index contributed by atoms with van der Waals surface area (Å²) in [4.78, 5) is 23.5. The minimum atomic E-state index is -0.665. The van der Waals surface area contributed by atoms with Crippen molar-refractivity contribution in [3.8, 4) is 0 Å². The molecule has 0 spiro atoms. The molecule has 0 radical (unpaired) electrons. The summed E-state index contributed by atoms with van der Waals surface area (Å²) in [5, 5.41) is 13.7. The van der Waals surface area contributed by atoms with Crippen LogP contribution in [0.25, 0.3) is 0 Å². The summed E-state index contributed by atoms with van der Waals surface area (Å²) >= 11 is 1.15. The molecule has 0 aliphatic rings. The Morgan fingerprint density at radius 1 is 1.27 bits per heavy atom. The number of hydrogen-bond donors (Lipinski definition) is 3. The third-order valence-electron chi connectivity index (χ3n) is 3.46. The molecular formula is C16H21ClFN5O2S. The van der Waals surface area contributed by atoms with Crippen LogP contribution in [0, 0.1) is 11.7 Å². The molecule has 1 aromatic carbocycles. The van der Waals surface area contributed by atoms with E-state index in [0.717, 1.165) is 11.3 Å². The Bertz CT molecular complexity index is 756. The highest BCUT2D eigenvalue weighted by atomic mass is 35.5. The van der Waals surface area contributed by atoms with Gasteiger partial charge in [-0.2, -0.15) is 0 Å². The second-order valence-corrected chi connectivity index (χ2v) is 6.87. The van der Waals surface area contributed by atoms with E-state index >= 15 is 0 Å². The molecule has 142 valence electrons. The van der Waals surface area contributed by atoms with Crippen LogP contribution >= 0.6 is 23.7 Å².